The number of carboxylic acid groups (broad SMARTS) is 1. The molecular weight excluding hydrogens is 210 g/mol. The quantitative estimate of drug-likeness (QED) is 0.694. The fraction of sp³-hybridized carbons (Fsp3) is 0.818. The molecule has 1 saturated heterocycles. The van der Waals surface area contributed by atoms with Gasteiger partial charge in [-0.15, -0.1) is 0 Å². The van der Waals surface area contributed by atoms with Crippen molar-refractivity contribution in [3.05, 3.63) is 0 Å². The molecule has 1 amide bonds. The molecule has 0 aromatic rings. The lowest BCUT2D eigenvalue weighted by Gasteiger charge is -2.24. The van der Waals surface area contributed by atoms with Gasteiger partial charge in [0.1, 0.15) is 5.41 Å². The number of hydrogen-bond donors (Lipinski definition) is 2. The standard InChI is InChI=1S/C11H19NO4/c1-7(8-4-5-16-6-8)12-9(13)11(2,3)10(14)15/h7-8H,4-6H2,1-3H3,(H,12,13)(H,14,15). The Hall–Kier alpha value is -1.10. The number of carbonyl (C=O) groups excluding carboxylic acids is 1. The van der Waals surface area contributed by atoms with Crippen molar-refractivity contribution in [2.45, 2.75) is 33.2 Å². The SMILES string of the molecule is CC(NC(=O)C(C)(C)C(=O)O)C1CCOC1. The van der Waals surface area contributed by atoms with Crippen LogP contribution < -0.4 is 5.32 Å². The fourth-order valence-electron chi connectivity index (χ4n) is 1.55. The van der Waals surface area contributed by atoms with E-state index in [0.29, 0.717) is 13.2 Å². The van der Waals surface area contributed by atoms with E-state index in [1.807, 2.05) is 6.92 Å². The van der Waals surface area contributed by atoms with Gasteiger partial charge < -0.3 is 15.2 Å². The zero-order valence-corrected chi connectivity index (χ0v) is 9.95. The summed E-state index contributed by atoms with van der Waals surface area (Å²) in [7, 11) is 0. The Morgan fingerprint density at radius 1 is 1.50 bits per heavy atom. The maximum atomic E-state index is 11.7. The molecule has 5 heteroatoms. The second-order valence-corrected chi connectivity index (χ2v) is 4.82. The van der Waals surface area contributed by atoms with Crippen LogP contribution in [0.5, 0.6) is 0 Å². The second-order valence-electron chi connectivity index (χ2n) is 4.82. The summed E-state index contributed by atoms with van der Waals surface area (Å²) in [4.78, 5) is 22.6. The minimum Gasteiger partial charge on any atom is -0.480 e. The number of rotatable bonds is 4. The number of hydrogen-bond acceptors (Lipinski definition) is 3. The van der Waals surface area contributed by atoms with E-state index in [4.69, 9.17) is 9.84 Å². The minimum atomic E-state index is -1.38. The van der Waals surface area contributed by atoms with Crippen molar-refractivity contribution >= 4 is 11.9 Å². The molecule has 16 heavy (non-hydrogen) atoms. The first kappa shape index (κ1) is 13.0. The number of carboxylic acids is 1. The monoisotopic (exact) mass is 229 g/mol. The van der Waals surface area contributed by atoms with Crippen LogP contribution in [0.1, 0.15) is 27.2 Å². The molecule has 5 nitrogen and oxygen atoms in total. The number of aliphatic carboxylic acids is 1. The first-order valence-corrected chi connectivity index (χ1v) is 5.48. The number of ether oxygens (including phenoxy) is 1. The van der Waals surface area contributed by atoms with Gasteiger partial charge in [0.05, 0.1) is 6.61 Å². The molecule has 0 bridgehead atoms. The van der Waals surface area contributed by atoms with Crippen molar-refractivity contribution in [3.8, 4) is 0 Å². The molecule has 2 unspecified atom stereocenters. The van der Waals surface area contributed by atoms with Gasteiger partial charge in [-0.2, -0.15) is 0 Å². The highest BCUT2D eigenvalue weighted by atomic mass is 16.5. The summed E-state index contributed by atoms with van der Waals surface area (Å²) in [5, 5.41) is 11.6. The summed E-state index contributed by atoms with van der Waals surface area (Å²) < 4.78 is 5.23. The molecule has 0 saturated carbocycles. The summed E-state index contributed by atoms with van der Waals surface area (Å²) in [6.07, 6.45) is 0.912. The van der Waals surface area contributed by atoms with Crippen LogP contribution in [0.15, 0.2) is 0 Å². The van der Waals surface area contributed by atoms with Crippen LogP contribution in [0, 0.1) is 11.3 Å². The lowest BCUT2D eigenvalue weighted by molar-refractivity contribution is -0.153. The average molecular weight is 229 g/mol. The average Bonchev–Trinajstić information content (AvgIpc) is 2.69. The lowest BCUT2D eigenvalue weighted by Crippen LogP contribution is -2.48. The Labute approximate surface area is 95.2 Å². The van der Waals surface area contributed by atoms with Crippen molar-refractivity contribution in [3.63, 3.8) is 0 Å². The minimum absolute atomic E-state index is 0.0476. The largest absolute Gasteiger partial charge is 0.480 e. The third-order valence-electron chi connectivity index (χ3n) is 3.13. The molecule has 0 radical (unpaired) electrons. The molecule has 1 aliphatic heterocycles. The van der Waals surface area contributed by atoms with E-state index >= 15 is 0 Å². The van der Waals surface area contributed by atoms with Gasteiger partial charge in [-0.05, 0) is 27.2 Å². The first-order chi connectivity index (χ1) is 7.35. The van der Waals surface area contributed by atoms with E-state index in [1.54, 1.807) is 0 Å². The van der Waals surface area contributed by atoms with Crippen molar-refractivity contribution in [1.82, 2.24) is 5.32 Å². The molecular formula is C11H19NO4. The van der Waals surface area contributed by atoms with Crippen LogP contribution in [-0.4, -0.2) is 36.2 Å². The maximum absolute atomic E-state index is 11.7. The van der Waals surface area contributed by atoms with Gasteiger partial charge in [0.25, 0.3) is 0 Å². The highest BCUT2D eigenvalue weighted by molar-refractivity contribution is 6.01. The van der Waals surface area contributed by atoms with Gasteiger partial charge in [-0.1, -0.05) is 0 Å². The summed E-state index contributed by atoms with van der Waals surface area (Å²) in [6, 6.07) is -0.0476. The lowest BCUT2D eigenvalue weighted by atomic mass is 9.91. The molecule has 1 rings (SSSR count). The van der Waals surface area contributed by atoms with Gasteiger partial charge >= 0.3 is 5.97 Å². The van der Waals surface area contributed by atoms with Crippen LogP contribution >= 0.6 is 0 Å². The van der Waals surface area contributed by atoms with Gasteiger partial charge in [0, 0.05) is 18.6 Å². The van der Waals surface area contributed by atoms with Gasteiger partial charge in [0.2, 0.25) is 5.91 Å². The van der Waals surface area contributed by atoms with Crippen LogP contribution in [0.4, 0.5) is 0 Å². The highest BCUT2D eigenvalue weighted by Crippen LogP contribution is 2.19. The number of nitrogens with one attached hydrogen (secondary N) is 1. The topological polar surface area (TPSA) is 75.6 Å². The van der Waals surface area contributed by atoms with Crippen molar-refractivity contribution in [1.29, 1.82) is 0 Å². The predicted molar refractivity (Wildman–Crippen MR) is 57.9 cm³/mol. The zero-order chi connectivity index (χ0) is 12.3. The molecule has 1 fully saturated rings. The molecule has 2 N–H and O–H groups in total. The third kappa shape index (κ3) is 2.72. The van der Waals surface area contributed by atoms with E-state index in [-0.39, 0.29) is 12.0 Å². The van der Waals surface area contributed by atoms with Crippen LogP contribution in [0.25, 0.3) is 0 Å². The Balaban J connectivity index is 2.53. The van der Waals surface area contributed by atoms with E-state index in [2.05, 4.69) is 5.32 Å². The summed E-state index contributed by atoms with van der Waals surface area (Å²) in [5.41, 5.74) is -1.38. The third-order valence-corrected chi connectivity index (χ3v) is 3.13. The maximum Gasteiger partial charge on any atom is 0.318 e. The summed E-state index contributed by atoms with van der Waals surface area (Å²) >= 11 is 0. The van der Waals surface area contributed by atoms with Crippen molar-refractivity contribution in [2.75, 3.05) is 13.2 Å². The van der Waals surface area contributed by atoms with Crippen LogP contribution in [-0.2, 0) is 14.3 Å². The molecule has 2 atom stereocenters. The van der Waals surface area contributed by atoms with E-state index in [1.165, 1.54) is 13.8 Å². The molecule has 1 heterocycles. The molecule has 92 valence electrons. The van der Waals surface area contributed by atoms with Gasteiger partial charge in [-0.25, -0.2) is 0 Å². The van der Waals surface area contributed by atoms with E-state index < -0.39 is 17.3 Å². The van der Waals surface area contributed by atoms with Gasteiger partial charge in [-0.3, -0.25) is 9.59 Å². The Morgan fingerprint density at radius 3 is 2.56 bits per heavy atom. The summed E-state index contributed by atoms with van der Waals surface area (Å²) in [5.74, 6) is -1.27. The normalized spacial score (nSPS) is 22.8. The fourth-order valence-corrected chi connectivity index (χ4v) is 1.55. The number of amides is 1. The Bertz CT molecular complexity index is 282. The molecule has 0 aromatic heterocycles. The highest BCUT2D eigenvalue weighted by Gasteiger charge is 2.37. The smallest absolute Gasteiger partial charge is 0.318 e. The molecule has 0 spiro atoms. The number of carbonyl (C=O) groups is 2. The second kappa shape index (κ2) is 4.82. The zero-order valence-electron chi connectivity index (χ0n) is 9.95. The molecule has 0 aromatic carbocycles. The molecule has 0 aliphatic carbocycles. The van der Waals surface area contributed by atoms with Crippen LogP contribution in [0.3, 0.4) is 0 Å². The van der Waals surface area contributed by atoms with Crippen molar-refractivity contribution in [2.24, 2.45) is 11.3 Å². The predicted octanol–water partition coefficient (Wildman–Crippen LogP) is 0.638. The van der Waals surface area contributed by atoms with Crippen LogP contribution in [0.2, 0.25) is 0 Å². The Kier molecular flexibility index (Phi) is 3.91. The van der Waals surface area contributed by atoms with Crippen molar-refractivity contribution < 1.29 is 19.4 Å². The van der Waals surface area contributed by atoms with Gasteiger partial charge in [0.15, 0.2) is 0 Å². The first-order valence-electron chi connectivity index (χ1n) is 5.48. The summed E-state index contributed by atoms with van der Waals surface area (Å²) in [6.45, 7) is 6.04. The molecule has 1 aliphatic rings. The van der Waals surface area contributed by atoms with E-state index in [0.717, 1.165) is 6.42 Å². The van der Waals surface area contributed by atoms with E-state index in [9.17, 15) is 9.59 Å². The Morgan fingerprint density at radius 2 is 2.12 bits per heavy atom.